The van der Waals surface area contributed by atoms with Crippen LogP contribution in [0.4, 0.5) is 0 Å². The Morgan fingerprint density at radius 1 is 1.24 bits per heavy atom. The van der Waals surface area contributed by atoms with Crippen LogP contribution in [0.5, 0.6) is 5.75 Å². The van der Waals surface area contributed by atoms with Gasteiger partial charge in [0, 0.05) is 21.0 Å². The average molecular weight is 473 g/mol. The molecule has 4 rings (SSSR count). The zero-order valence-electron chi connectivity index (χ0n) is 16.2. The van der Waals surface area contributed by atoms with Gasteiger partial charge in [0.25, 0.3) is 5.91 Å². The number of benzene rings is 2. The number of amidine groups is 1. The predicted molar refractivity (Wildman–Crippen MR) is 119 cm³/mol. The number of thioether (sulfide) groups is 1. The lowest BCUT2D eigenvalue weighted by Gasteiger charge is -2.34. The highest BCUT2D eigenvalue weighted by Gasteiger charge is 2.35. The first-order chi connectivity index (χ1) is 14.1. The molecule has 6 nitrogen and oxygen atoms in total. The van der Waals surface area contributed by atoms with Crippen molar-refractivity contribution in [3.8, 4) is 5.75 Å². The molecule has 0 aromatic heterocycles. The number of hydrogen-bond acceptors (Lipinski definition) is 6. The Morgan fingerprint density at radius 2 is 2.07 bits per heavy atom. The van der Waals surface area contributed by atoms with E-state index < -0.39 is 6.17 Å². The summed E-state index contributed by atoms with van der Waals surface area (Å²) in [4.78, 5) is 18.0. The van der Waals surface area contributed by atoms with E-state index >= 15 is 0 Å². The van der Waals surface area contributed by atoms with Gasteiger partial charge in [-0.15, -0.1) is 5.10 Å². The molecule has 2 aliphatic heterocycles. The van der Waals surface area contributed by atoms with Crippen molar-refractivity contribution in [2.45, 2.75) is 26.4 Å². The van der Waals surface area contributed by atoms with Gasteiger partial charge in [-0.1, -0.05) is 52.8 Å². The summed E-state index contributed by atoms with van der Waals surface area (Å²) in [5.41, 5.74) is 1.40. The van der Waals surface area contributed by atoms with E-state index in [4.69, 9.17) is 14.8 Å². The van der Waals surface area contributed by atoms with Crippen molar-refractivity contribution < 1.29 is 9.53 Å². The summed E-state index contributed by atoms with van der Waals surface area (Å²) in [7, 11) is 0. The molecule has 0 spiro atoms. The van der Waals surface area contributed by atoms with Crippen molar-refractivity contribution in [1.29, 1.82) is 0 Å². The molecule has 150 valence electrons. The minimum absolute atomic E-state index is 0.164. The second kappa shape index (κ2) is 8.59. The maximum absolute atomic E-state index is 13.0. The molecular formula is C21H21BrN4O2S. The summed E-state index contributed by atoms with van der Waals surface area (Å²) < 4.78 is 6.57. The van der Waals surface area contributed by atoms with Crippen LogP contribution in [0.3, 0.4) is 0 Å². The number of carbonyl (C=O) groups excluding carboxylic acids is 1. The van der Waals surface area contributed by atoms with E-state index in [1.807, 2.05) is 49.4 Å². The summed E-state index contributed by atoms with van der Waals surface area (Å²) in [6, 6.07) is 13.5. The SMILES string of the molecule is CCCSC1=NN2C(=c3ccccc3=N[C@@H]2c2cc(OCC)ccc2Br)C(=O)N1. The third-order valence-electron chi connectivity index (χ3n) is 4.51. The van der Waals surface area contributed by atoms with Gasteiger partial charge >= 0.3 is 0 Å². The van der Waals surface area contributed by atoms with Gasteiger partial charge < -0.3 is 4.74 Å². The molecule has 0 aliphatic carbocycles. The predicted octanol–water partition coefficient (Wildman–Crippen LogP) is 3.13. The van der Waals surface area contributed by atoms with E-state index in [9.17, 15) is 4.79 Å². The number of hydrazone groups is 1. The number of nitrogens with zero attached hydrogens (tertiary/aromatic N) is 3. The van der Waals surface area contributed by atoms with Gasteiger partial charge in [-0.3, -0.25) is 15.1 Å². The maximum Gasteiger partial charge on any atom is 0.276 e. The number of carbonyl (C=O) groups is 1. The van der Waals surface area contributed by atoms with Crippen LogP contribution in [0, 0.1) is 0 Å². The molecule has 2 aromatic rings. The summed E-state index contributed by atoms with van der Waals surface area (Å²) in [5, 5.41) is 11.6. The topological polar surface area (TPSA) is 66.3 Å². The molecule has 0 fully saturated rings. The molecule has 0 radical (unpaired) electrons. The van der Waals surface area contributed by atoms with E-state index in [1.165, 1.54) is 11.8 Å². The Labute approximate surface area is 181 Å². The fourth-order valence-electron chi connectivity index (χ4n) is 3.27. The third kappa shape index (κ3) is 3.91. The van der Waals surface area contributed by atoms with Crippen LogP contribution in [0.15, 0.2) is 57.0 Å². The van der Waals surface area contributed by atoms with Gasteiger partial charge in [-0.2, -0.15) is 0 Å². The molecule has 1 atom stereocenters. The molecule has 2 aromatic carbocycles. The standard InChI is InChI=1S/C21H21BrN4O2S/c1-3-11-29-21-24-20(27)18-14-7-5-6-8-17(14)23-19(26(18)25-21)15-12-13(28-4-2)9-10-16(15)22/h5-10,12,19H,3-4,11H2,1-2H3,(H,24,25,27)/t19-/m0/s1. The monoisotopic (exact) mass is 472 g/mol. The van der Waals surface area contributed by atoms with Crippen molar-refractivity contribution in [3.63, 3.8) is 0 Å². The Bertz CT molecular complexity index is 1100. The summed E-state index contributed by atoms with van der Waals surface area (Å²) in [5.74, 6) is 1.47. The molecule has 2 heterocycles. The third-order valence-corrected chi connectivity index (χ3v) is 6.31. The number of nitrogens with one attached hydrogen (secondary N) is 1. The number of rotatable bonds is 5. The lowest BCUT2D eigenvalue weighted by molar-refractivity contribution is -0.116. The number of para-hydroxylation sites is 1. The minimum Gasteiger partial charge on any atom is -0.494 e. The van der Waals surface area contributed by atoms with Gasteiger partial charge in [-0.25, -0.2) is 5.01 Å². The van der Waals surface area contributed by atoms with Gasteiger partial charge in [0.1, 0.15) is 11.4 Å². The average Bonchev–Trinajstić information content (AvgIpc) is 2.73. The largest absolute Gasteiger partial charge is 0.494 e. The van der Waals surface area contributed by atoms with Crippen molar-refractivity contribution in [2.75, 3.05) is 12.4 Å². The van der Waals surface area contributed by atoms with Gasteiger partial charge in [0.05, 0.1) is 12.0 Å². The zero-order valence-corrected chi connectivity index (χ0v) is 18.6. The molecule has 1 amide bonds. The quantitative estimate of drug-likeness (QED) is 0.725. The maximum atomic E-state index is 13.0. The smallest absolute Gasteiger partial charge is 0.276 e. The van der Waals surface area contributed by atoms with Crippen LogP contribution in [-0.2, 0) is 4.79 Å². The number of ether oxygens (including phenoxy) is 1. The van der Waals surface area contributed by atoms with Gasteiger partial charge in [-0.05, 0) is 37.6 Å². The number of halogens is 1. The summed E-state index contributed by atoms with van der Waals surface area (Å²) >= 11 is 5.18. The minimum atomic E-state index is -0.474. The number of fused-ring (bicyclic) bond motifs is 2. The molecule has 2 aliphatic rings. The lowest BCUT2D eigenvalue weighted by Crippen LogP contribution is -2.50. The normalized spacial score (nSPS) is 17.7. The lowest BCUT2D eigenvalue weighted by atomic mass is 10.1. The van der Waals surface area contributed by atoms with Gasteiger partial charge in [0.15, 0.2) is 11.3 Å². The van der Waals surface area contributed by atoms with Crippen LogP contribution in [-0.4, -0.2) is 28.4 Å². The first-order valence-corrected chi connectivity index (χ1v) is 11.3. The van der Waals surface area contributed by atoms with Crippen molar-refractivity contribution >= 4 is 44.5 Å². The molecular weight excluding hydrogens is 452 g/mol. The number of hydrogen-bond donors (Lipinski definition) is 1. The Kier molecular flexibility index (Phi) is 5.91. The highest BCUT2D eigenvalue weighted by Crippen LogP contribution is 2.36. The molecule has 0 unspecified atom stereocenters. The van der Waals surface area contributed by atoms with Crippen molar-refractivity contribution in [1.82, 2.24) is 10.3 Å². The van der Waals surface area contributed by atoms with Crippen LogP contribution >= 0.6 is 27.7 Å². The summed E-state index contributed by atoms with van der Waals surface area (Å²) in [6.45, 7) is 4.62. The Hall–Kier alpha value is -2.32. The molecule has 29 heavy (non-hydrogen) atoms. The fraction of sp³-hybridized carbons (Fsp3) is 0.286. The van der Waals surface area contributed by atoms with Crippen LogP contribution < -0.4 is 20.6 Å². The van der Waals surface area contributed by atoms with E-state index in [2.05, 4.69) is 28.2 Å². The molecule has 8 heteroatoms. The molecule has 1 N–H and O–H groups in total. The van der Waals surface area contributed by atoms with Crippen molar-refractivity contribution in [3.05, 3.63) is 63.1 Å². The molecule has 0 saturated carbocycles. The second-order valence-corrected chi connectivity index (χ2v) is 8.48. The van der Waals surface area contributed by atoms with E-state index in [0.717, 1.165) is 38.5 Å². The number of amides is 1. The van der Waals surface area contributed by atoms with E-state index in [-0.39, 0.29) is 5.91 Å². The van der Waals surface area contributed by atoms with Crippen LogP contribution in [0.2, 0.25) is 0 Å². The molecule has 0 bridgehead atoms. The highest BCUT2D eigenvalue weighted by molar-refractivity contribution is 9.10. The zero-order chi connectivity index (χ0) is 20.4. The highest BCUT2D eigenvalue weighted by atomic mass is 79.9. The second-order valence-electron chi connectivity index (χ2n) is 6.54. The molecule has 0 saturated heterocycles. The first kappa shape index (κ1) is 20.0. The first-order valence-electron chi connectivity index (χ1n) is 9.53. The van der Waals surface area contributed by atoms with Crippen molar-refractivity contribution in [2.24, 2.45) is 10.1 Å². The van der Waals surface area contributed by atoms with Crippen LogP contribution in [0.1, 0.15) is 32.0 Å². The fourth-order valence-corrected chi connectivity index (χ4v) is 4.43. The Morgan fingerprint density at radius 3 is 2.86 bits per heavy atom. The van der Waals surface area contributed by atoms with Gasteiger partial charge in [0.2, 0.25) is 0 Å². The van der Waals surface area contributed by atoms with E-state index in [0.29, 0.717) is 17.5 Å². The Balaban J connectivity index is 1.90. The van der Waals surface area contributed by atoms with Crippen LogP contribution in [0.25, 0.3) is 5.70 Å². The van der Waals surface area contributed by atoms with E-state index in [1.54, 1.807) is 5.01 Å². The summed E-state index contributed by atoms with van der Waals surface area (Å²) in [6.07, 6.45) is 0.521.